The van der Waals surface area contributed by atoms with Crippen LogP contribution in [0.5, 0.6) is 11.5 Å². The van der Waals surface area contributed by atoms with E-state index in [2.05, 4.69) is 19.2 Å². The van der Waals surface area contributed by atoms with Gasteiger partial charge < -0.3 is 14.8 Å². The van der Waals surface area contributed by atoms with Crippen molar-refractivity contribution in [3.8, 4) is 11.5 Å². The minimum Gasteiger partial charge on any atom is -0.493 e. The molecule has 0 bridgehead atoms. The van der Waals surface area contributed by atoms with Crippen LogP contribution in [0.15, 0.2) is 30.3 Å². The number of halogens is 4. The number of hydrogen-bond acceptors (Lipinski definition) is 3. The van der Waals surface area contributed by atoms with Gasteiger partial charge in [-0.3, -0.25) is 0 Å². The Balaban J connectivity index is 0.00000338. The third-order valence-electron chi connectivity index (χ3n) is 3.94. The van der Waals surface area contributed by atoms with E-state index in [4.69, 9.17) is 44.3 Å². The highest BCUT2D eigenvalue weighted by Crippen LogP contribution is 2.37. The molecule has 0 spiro atoms. The average molecular weight is 439 g/mol. The topological polar surface area (TPSA) is 30.5 Å². The van der Waals surface area contributed by atoms with Gasteiger partial charge in [-0.1, -0.05) is 47.8 Å². The van der Waals surface area contributed by atoms with E-state index < -0.39 is 0 Å². The molecule has 2 rings (SSSR count). The van der Waals surface area contributed by atoms with Crippen molar-refractivity contribution in [3.63, 3.8) is 0 Å². The molecule has 3 nitrogen and oxygen atoms in total. The lowest BCUT2D eigenvalue weighted by atomic mass is 10.1. The highest BCUT2D eigenvalue weighted by Gasteiger charge is 2.13. The standard InChI is InChI=1S/C19H22Cl3NO2.ClH/c1-4-12(2)23-10-13-7-17(22)19(18(8-13)24-3)25-11-14-5-6-15(20)9-16(14)21;/h5-9,12,23H,4,10-11H2,1-3H3;1H. The largest absolute Gasteiger partial charge is 0.493 e. The lowest BCUT2D eigenvalue weighted by molar-refractivity contribution is 0.284. The van der Waals surface area contributed by atoms with Gasteiger partial charge in [-0.05, 0) is 43.2 Å². The molecule has 0 aliphatic carbocycles. The van der Waals surface area contributed by atoms with Gasteiger partial charge in [-0.15, -0.1) is 12.4 Å². The molecule has 0 amide bonds. The van der Waals surface area contributed by atoms with Crippen LogP contribution in [0.2, 0.25) is 15.1 Å². The van der Waals surface area contributed by atoms with Crippen molar-refractivity contribution in [1.29, 1.82) is 0 Å². The normalized spacial score (nSPS) is 11.6. The lowest BCUT2D eigenvalue weighted by Gasteiger charge is -2.16. The number of ether oxygens (including phenoxy) is 2. The Morgan fingerprint density at radius 3 is 2.42 bits per heavy atom. The second-order valence-corrected chi connectivity index (χ2v) is 7.07. The van der Waals surface area contributed by atoms with Crippen LogP contribution in [-0.2, 0) is 13.2 Å². The molecule has 26 heavy (non-hydrogen) atoms. The SMILES string of the molecule is CCC(C)NCc1cc(Cl)c(OCc2ccc(Cl)cc2Cl)c(OC)c1.Cl. The molecule has 2 aromatic rings. The van der Waals surface area contributed by atoms with E-state index in [9.17, 15) is 0 Å². The van der Waals surface area contributed by atoms with Crippen molar-refractivity contribution in [3.05, 3.63) is 56.5 Å². The lowest BCUT2D eigenvalue weighted by Crippen LogP contribution is -2.24. The molecular formula is C19H23Cl4NO2. The maximum Gasteiger partial charge on any atom is 0.180 e. The Morgan fingerprint density at radius 1 is 1.08 bits per heavy atom. The smallest absolute Gasteiger partial charge is 0.180 e. The Bertz CT molecular complexity index is 725. The third kappa shape index (κ3) is 6.40. The Labute approximate surface area is 176 Å². The summed E-state index contributed by atoms with van der Waals surface area (Å²) in [5, 5.41) is 5.08. The number of rotatable bonds is 8. The number of nitrogens with one attached hydrogen (secondary N) is 1. The summed E-state index contributed by atoms with van der Waals surface area (Å²) in [5.74, 6) is 1.10. The van der Waals surface area contributed by atoms with E-state index >= 15 is 0 Å². The van der Waals surface area contributed by atoms with Gasteiger partial charge in [0.25, 0.3) is 0 Å². The first-order chi connectivity index (χ1) is 11.9. The van der Waals surface area contributed by atoms with E-state index in [0.717, 1.165) is 17.5 Å². The zero-order chi connectivity index (χ0) is 18.4. The van der Waals surface area contributed by atoms with Gasteiger partial charge in [-0.2, -0.15) is 0 Å². The van der Waals surface area contributed by atoms with Crippen molar-refractivity contribution < 1.29 is 9.47 Å². The van der Waals surface area contributed by atoms with Crippen molar-refractivity contribution in [2.75, 3.05) is 7.11 Å². The van der Waals surface area contributed by atoms with Crippen LogP contribution >= 0.6 is 47.2 Å². The first-order valence-electron chi connectivity index (χ1n) is 8.11. The minimum absolute atomic E-state index is 0. The number of methoxy groups -OCH3 is 1. The summed E-state index contributed by atoms with van der Waals surface area (Å²) < 4.78 is 11.3. The van der Waals surface area contributed by atoms with Gasteiger partial charge in [0.2, 0.25) is 0 Å². The molecule has 0 aliphatic heterocycles. The molecule has 7 heteroatoms. The van der Waals surface area contributed by atoms with Gasteiger partial charge in [0.1, 0.15) is 6.61 Å². The Hall–Kier alpha value is -0.840. The molecule has 0 aromatic heterocycles. The van der Waals surface area contributed by atoms with Crippen molar-refractivity contribution in [1.82, 2.24) is 5.32 Å². The van der Waals surface area contributed by atoms with Crippen LogP contribution in [0.25, 0.3) is 0 Å². The van der Waals surface area contributed by atoms with Crippen LogP contribution in [-0.4, -0.2) is 13.2 Å². The quantitative estimate of drug-likeness (QED) is 0.507. The molecule has 2 aromatic carbocycles. The maximum absolute atomic E-state index is 6.41. The average Bonchev–Trinajstić information content (AvgIpc) is 2.59. The molecule has 1 atom stereocenters. The molecule has 144 valence electrons. The fourth-order valence-electron chi connectivity index (χ4n) is 2.24. The van der Waals surface area contributed by atoms with Crippen LogP contribution in [0.3, 0.4) is 0 Å². The molecule has 0 saturated carbocycles. The highest BCUT2D eigenvalue weighted by atomic mass is 35.5. The molecule has 1 unspecified atom stereocenters. The zero-order valence-corrected chi connectivity index (χ0v) is 18.0. The van der Waals surface area contributed by atoms with E-state index in [1.165, 1.54) is 0 Å². The fraction of sp³-hybridized carbons (Fsp3) is 0.368. The molecule has 0 saturated heterocycles. The maximum atomic E-state index is 6.41. The second kappa shape index (κ2) is 11.1. The van der Waals surface area contributed by atoms with Crippen molar-refractivity contribution >= 4 is 47.2 Å². The summed E-state index contributed by atoms with van der Waals surface area (Å²) in [6.45, 7) is 5.28. The van der Waals surface area contributed by atoms with E-state index in [1.54, 1.807) is 19.2 Å². The van der Waals surface area contributed by atoms with Crippen LogP contribution in [0.1, 0.15) is 31.4 Å². The summed E-state index contributed by atoms with van der Waals surface area (Å²) in [4.78, 5) is 0. The summed E-state index contributed by atoms with van der Waals surface area (Å²) in [7, 11) is 1.60. The van der Waals surface area contributed by atoms with Crippen molar-refractivity contribution in [2.45, 2.75) is 39.5 Å². The Kier molecular flexibility index (Phi) is 9.91. The molecule has 0 radical (unpaired) electrons. The van der Waals surface area contributed by atoms with E-state index in [-0.39, 0.29) is 19.0 Å². The summed E-state index contributed by atoms with van der Waals surface area (Å²) in [6, 6.07) is 9.54. The van der Waals surface area contributed by atoms with Crippen LogP contribution in [0.4, 0.5) is 0 Å². The van der Waals surface area contributed by atoms with Crippen LogP contribution in [0, 0.1) is 0 Å². The number of hydrogen-bond donors (Lipinski definition) is 1. The molecule has 0 aliphatic rings. The van der Waals surface area contributed by atoms with E-state index in [1.807, 2.05) is 18.2 Å². The summed E-state index contributed by atoms with van der Waals surface area (Å²) >= 11 is 18.5. The molecular weight excluding hydrogens is 416 g/mol. The minimum atomic E-state index is 0. The first kappa shape index (κ1) is 23.2. The summed E-state index contributed by atoms with van der Waals surface area (Å²) in [6.07, 6.45) is 1.06. The monoisotopic (exact) mass is 437 g/mol. The van der Waals surface area contributed by atoms with Gasteiger partial charge >= 0.3 is 0 Å². The summed E-state index contributed by atoms with van der Waals surface area (Å²) in [5.41, 5.74) is 1.87. The van der Waals surface area contributed by atoms with E-state index in [0.29, 0.717) is 39.2 Å². The number of benzene rings is 2. The fourth-order valence-corrected chi connectivity index (χ4v) is 2.99. The van der Waals surface area contributed by atoms with Crippen LogP contribution < -0.4 is 14.8 Å². The second-order valence-electron chi connectivity index (χ2n) is 5.82. The first-order valence-corrected chi connectivity index (χ1v) is 9.24. The zero-order valence-electron chi connectivity index (χ0n) is 14.9. The third-order valence-corrected chi connectivity index (χ3v) is 4.81. The van der Waals surface area contributed by atoms with Gasteiger partial charge in [0.05, 0.1) is 12.1 Å². The molecule has 0 fully saturated rings. The predicted molar refractivity (Wildman–Crippen MR) is 113 cm³/mol. The Morgan fingerprint density at radius 2 is 1.81 bits per heavy atom. The van der Waals surface area contributed by atoms with Gasteiger partial charge in [0.15, 0.2) is 11.5 Å². The highest BCUT2D eigenvalue weighted by molar-refractivity contribution is 6.35. The molecule has 1 N–H and O–H groups in total. The molecule has 0 heterocycles. The predicted octanol–water partition coefficient (Wildman–Crippen LogP) is 6.54. The van der Waals surface area contributed by atoms with Gasteiger partial charge in [-0.25, -0.2) is 0 Å². The van der Waals surface area contributed by atoms with Gasteiger partial charge in [0, 0.05) is 28.2 Å². The van der Waals surface area contributed by atoms with Crippen molar-refractivity contribution in [2.24, 2.45) is 0 Å².